The zero-order chi connectivity index (χ0) is 15.1. The molecule has 3 nitrogen and oxygen atoms in total. The highest BCUT2D eigenvalue weighted by Gasteiger charge is 2.50. The highest BCUT2D eigenvalue weighted by Crippen LogP contribution is 2.39. The number of hydrogen-bond acceptors (Lipinski definition) is 3. The van der Waals surface area contributed by atoms with Crippen molar-refractivity contribution < 1.29 is 9.53 Å². The first-order chi connectivity index (χ1) is 9.91. The number of hydrogen-bond donors (Lipinski definition) is 0. The van der Waals surface area contributed by atoms with Gasteiger partial charge in [0.25, 0.3) is 0 Å². The Bertz CT molecular complexity index is 546. The molecular weight excluding hydrogens is 262 g/mol. The zero-order valence-electron chi connectivity index (χ0n) is 13.3. The lowest BCUT2D eigenvalue weighted by molar-refractivity contribution is -0.174. The predicted molar refractivity (Wildman–Crippen MR) is 83.0 cm³/mol. The van der Waals surface area contributed by atoms with Gasteiger partial charge in [-0.15, -0.1) is 0 Å². The van der Waals surface area contributed by atoms with Crippen molar-refractivity contribution in [3.63, 3.8) is 0 Å². The van der Waals surface area contributed by atoms with E-state index in [1.165, 1.54) is 17.5 Å². The molecule has 0 radical (unpaired) electrons. The summed E-state index contributed by atoms with van der Waals surface area (Å²) in [5.41, 5.74) is 1.80. The number of fused-ring (bicyclic) bond motifs is 2. The van der Waals surface area contributed by atoms with Crippen molar-refractivity contribution in [1.29, 1.82) is 0 Å². The third-order valence-corrected chi connectivity index (χ3v) is 4.62. The fourth-order valence-electron chi connectivity index (χ4n) is 3.60. The van der Waals surface area contributed by atoms with Gasteiger partial charge < -0.3 is 4.74 Å². The van der Waals surface area contributed by atoms with Crippen LogP contribution < -0.4 is 0 Å². The average Bonchev–Trinajstić information content (AvgIpc) is 2.43. The largest absolute Gasteiger partial charge is 0.459 e. The standard InChI is InChI=1S/C18H25NO2/c1-17(2,3)21-16(20)18-10-6-7-11-19(18)13-15-9-5-4-8-14(15)12-18/h4-5,8-9H,6-7,10-13H2,1-3H3. The summed E-state index contributed by atoms with van der Waals surface area (Å²) in [7, 11) is 0. The second kappa shape index (κ2) is 5.13. The monoisotopic (exact) mass is 287 g/mol. The number of ether oxygens (including phenoxy) is 1. The molecule has 1 aromatic rings. The van der Waals surface area contributed by atoms with Gasteiger partial charge in [-0.1, -0.05) is 24.3 Å². The van der Waals surface area contributed by atoms with Gasteiger partial charge >= 0.3 is 5.97 Å². The maximum atomic E-state index is 12.9. The highest BCUT2D eigenvalue weighted by atomic mass is 16.6. The molecule has 0 saturated carbocycles. The maximum Gasteiger partial charge on any atom is 0.327 e. The quantitative estimate of drug-likeness (QED) is 0.742. The Morgan fingerprint density at radius 1 is 1.19 bits per heavy atom. The number of benzene rings is 1. The van der Waals surface area contributed by atoms with E-state index in [9.17, 15) is 4.79 Å². The van der Waals surface area contributed by atoms with Crippen molar-refractivity contribution in [1.82, 2.24) is 4.90 Å². The topological polar surface area (TPSA) is 29.5 Å². The van der Waals surface area contributed by atoms with Crippen LogP contribution in [0.2, 0.25) is 0 Å². The Balaban J connectivity index is 1.95. The summed E-state index contributed by atoms with van der Waals surface area (Å²) < 4.78 is 5.77. The highest BCUT2D eigenvalue weighted by molar-refractivity contribution is 5.82. The molecule has 1 aromatic carbocycles. The summed E-state index contributed by atoms with van der Waals surface area (Å²) >= 11 is 0. The molecule has 1 saturated heterocycles. The van der Waals surface area contributed by atoms with E-state index in [-0.39, 0.29) is 5.97 Å². The minimum Gasteiger partial charge on any atom is -0.459 e. The molecule has 1 fully saturated rings. The smallest absolute Gasteiger partial charge is 0.327 e. The molecule has 2 heterocycles. The summed E-state index contributed by atoms with van der Waals surface area (Å²) in [6, 6.07) is 8.50. The molecule has 1 atom stereocenters. The minimum absolute atomic E-state index is 0.0378. The van der Waals surface area contributed by atoms with Gasteiger partial charge in [0, 0.05) is 13.0 Å². The van der Waals surface area contributed by atoms with Crippen molar-refractivity contribution >= 4 is 5.97 Å². The van der Waals surface area contributed by atoms with Crippen LogP contribution >= 0.6 is 0 Å². The Hall–Kier alpha value is -1.35. The van der Waals surface area contributed by atoms with Crippen LogP contribution in [0.15, 0.2) is 24.3 Å². The van der Waals surface area contributed by atoms with E-state index in [0.29, 0.717) is 0 Å². The third kappa shape index (κ3) is 2.71. The van der Waals surface area contributed by atoms with E-state index < -0.39 is 11.1 Å². The van der Waals surface area contributed by atoms with Gasteiger partial charge in [0.15, 0.2) is 0 Å². The van der Waals surface area contributed by atoms with Gasteiger partial charge in [-0.2, -0.15) is 0 Å². The van der Waals surface area contributed by atoms with Crippen molar-refractivity contribution in [2.45, 2.75) is 64.1 Å². The average molecular weight is 287 g/mol. The number of esters is 1. The van der Waals surface area contributed by atoms with E-state index in [1.54, 1.807) is 0 Å². The second-order valence-corrected chi connectivity index (χ2v) is 7.36. The van der Waals surface area contributed by atoms with Crippen molar-refractivity contribution in [2.24, 2.45) is 0 Å². The molecule has 114 valence electrons. The Morgan fingerprint density at radius 3 is 2.62 bits per heavy atom. The molecule has 3 heteroatoms. The summed E-state index contributed by atoms with van der Waals surface area (Å²) in [5, 5.41) is 0. The van der Waals surface area contributed by atoms with Gasteiger partial charge in [0.1, 0.15) is 11.1 Å². The molecule has 0 amide bonds. The molecule has 0 spiro atoms. The normalized spacial score (nSPS) is 25.9. The summed E-state index contributed by atoms with van der Waals surface area (Å²) in [6.07, 6.45) is 3.99. The van der Waals surface area contributed by atoms with Crippen LogP contribution in [-0.4, -0.2) is 28.6 Å². The summed E-state index contributed by atoms with van der Waals surface area (Å²) in [6.45, 7) is 7.71. The minimum atomic E-state index is -0.445. The van der Waals surface area contributed by atoms with Crippen molar-refractivity contribution in [3.05, 3.63) is 35.4 Å². The van der Waals surface area contributed by atoms with Gasteiger partial charge in [-0.25, -0.2) is 0 Å². The van der Waals surface area contributed by atoms with Crippen molar-refractivity contribution in [3.8, 4) is 0 Å². The maximum absolute atomic E-state index is 12.9. The first kappa shape index (κ1) is 14.6. The first-order valence-corrected chi connectivity index (χ1v) is 7.96. The van der Waals surface area contributed by atoms with Crippen molar-refractivity contribution in [2.75, 3.05) is 6.54 Å². The molecule has 0 aliphatic carbocycles. The first-order valence-electron chi connectivity index (χ1n) is 7.96. The van der Waals surface area contributed by atoms with E-state index in [1.807, 2.05) is 20.8 Å². The number of rotatable bonds is 1. The summed E-state index contributed by atoms with van der Waals surface area (Å²) in [4.78, 5) is 15.3. The van der Waals surface area contributed by atoms with Crippen LogP contribution in [0.5, 0.6) is 0 Å². The zero-order valence-corrected chi connectivity index (χ0v) is 13.3. The Kier molecular flexibility index (Phi) is 3.56. The Labute approximate surface area is 127 Å². The lowest BCUT2D eigenvalue weighted by Gasteiger charge is -2.49. The van der Waals surface area contributed by atoms with Gasteiger partial charge in [0.05, 0.1) is 0 Å². The van der Waals surface area contributed by atoms with Gasteiger partial charge in [-0.05, 0) is 57.7 Å². The fourth-order valence-corrected chi connectivity index (χ4v) is 3.60. The van der Waals surface area contributed by atoms with Gasteiger partial charge in [0.2, 0.25) is 0 Å². The molecule has 0 bridgehead atoms. The predicted octanol–water partition coefficient (Wildman–Crippen LogP) is 3.31. The van der Waals surface area contributed by atoms with Crippen LogP contribution in [0.4, 0.5) is 0 Å². The number of piperidine rings is 1. The van der Waals surface area contributed by atoms with E-state index in [4.69, 9.17) is 4.74 Å². The van der Waals surface area contributed by atoms with E-state index >= 15 is 0 Å². The molecule has 2 aliphatic rings. The molecule has 21 heavy (non-hydrogen) atoms. The van der Waals surface area contributed by atoms with E-state index in [2.05, 4.69) is 29.2 Å². The second-order valence-electron chi connectivity index (χ2n) is 7.36. The summed E-state index contributed by atoms with van der Waals surface area (Å²) in [5.74, 6) is -0.0378. The van der Waals surface area contributed by atoms with Crippen LogP contribution in [0.1, 0.15) is 51.2 Å². The number of carbonyl (C=O) groups is 1. The van der Waals surface area contributed by atoms with Crippen LogP contribution in [-0.2, 0) is 22.5 Å². The number of carbonyl (C=O) groups excluding carboxylic acids is 1. The lowest BCUT2D eigenvalue weighted by Crippen LogP contribution is -2.61. The molecule has 0 N–H and O–H groups in total. The fraction of sp³-hybridized carbons (Fsp3) is 0.611. The molecular formula is C18H25NO2. The van der Waals surface area contributed by atoms with Crippen LogP contribution in [0, 0.1) is 0 Å². The third-order valence-electron chi connectivity index (χ3n) is 4.62. The Morgan fingerprint density at radius 2 is 1.90 bits per heavy atom. The SMILES string of the molecule is CC(C)(C)OC(=O)C12CCCCN1Cc1ccccc1C2. The number of nitrogens with zero attached hydrogens (tertiary/aromatic N) is 1. The molecule has 1 unspecified atom stereocenters. The lowest BCUT2D eigenvalue weighted by atomic mass is 9.76. The van der Waals surface area contributed by atoms with Gasteiger partial charge in [-0.3, -0.25) is 9.69 Å². The molecule has 3 rings (SSSR count). The molecule has 0 aromatic heterocycles. The van der Waals surface area contributed by atoms with E-state index in [0.717, 1.165) is 32.4 Å². The molecule has 2 aliphatic heterocycles. The van der Waals surface area contributed by atoms with Crippen LogP contribution in [0.3, 0.4) is 0 Å². The van der Waals surface area contributed by atoms with Crippen LogP contribution in [0.25, 0.3) is 0 Å².